The summed E-state index contributed by atoms with van der Waals surface area (Å²) in [5.74, 6) is 2.90. The molecule has 110 valence electrons. The summed E-state index contributed by atoms with van der Waals surface area (Å²) in [6.45, 7) is 2.11. The first-order valence-electron chi connectivity index (χ1n) is 6.96. The lowest BCUT2D eigenvalue weighted by Gasteiger charge is -2.04. The van der Waals surface area contributed by atoms with E-state index in [1.807, 2.05) is 33.2 Å². The van der Waals surface area contributed by atoms with Gasteiger partial charge in [-0.25, -0.2) is 9.20 Å². The van der Waals surface area contributed by atoms with Crippen LogP contribution in [-0.2, 0) is 6.42 Å². The fraction of sp³-hybridized carbons (Fsp3) is 0.133. The van der Waals surface area contributed by atoms with Gasteiger partial charge in [-0.15, -0.1) is 0 Å². The molecule has 0 radical (unpaired) electrons. The highest BCUT2D eigenvalue weighted by Gasteiger charge is 2.13. The average molecular weight is 327 g/mol. The lowest BCUT2D eigenvalue weighted by molar-refractivity contribution is 0.885. The first-order chi connectivity index (χ1) is 10.8. The van der Waals surface area contributed by atoms with E-state index in [0.717, 1.165) is 48.1 Å². The Kier molecular flexibility index (Phi) is 3.21. The zero-order valence-corrected chi connectivity index (χ0v) is 13.7. The largest absolute Gasteiger partial charge is 0.383 e. The Labute approximate surface area is 133 Å². The summed E-state index contributed by atoms with van der Waals surface area (Å²) in [7, 11) is 1.12. The molecule has 0 aliphatic carbocycles. The second kappa shape index (κ2) is 5.23. The molecule has 2 N–H and O–H groups in total. The minimum Gasteiger partial charge on any atom is -0.383 e. The van der Waals surface area contributed by atoms with E-state index in [2.05, 4.69) is 34.4 Å². The third-order valence-corrected chi connectivity index (χ3v) is 5.48. The summed E-state index contributed by atoms with van der Waals surface area (Å²) in [5, 5.41) is 14.1. The molecule has 4 aromatic heterocycles. The predicted molar refractivity (Wildman–Crippen MR) is 91.9 cm³/mol. The van der Waals surface area contributed by atoms with E-state index in [1.165, 1.54) is 0 Å². The molecule has 4 rings (SSSR count). The van der Waals surface area contributed by atoms with Crippen molar-refractivity contribution in [2.24, 2.45) is 0 Å². The van der Waals surface area contributed by atoms with E-state index < -0.39 is 0 Å². The number of thiophene rings is 1. The Morgan fingerprint density at radius 2 is 2.23 bits per heavy atom. The van der Waals surface area contributed by atoms with Crippen LogP contribution in [0.4, 0.5) is 5.82 Å². The molecule has 0 aromatic carbocycles. The Morgan fingerprint density at radius 3 is 3.00 bits per heavy atom. The summed E-state index contributed by atoms with van der Waals surface area (Å²) < 4.78 is 3.73. The van der Waals surface area contributed by atoms with Crippen LogP contribution in [0.2, 0.25) is 0 Å². The van der Waals surface area contributed by atoms with E-state index in [-0.39, 0.29) is 0 Å². The summed E-state index contributed by atoms with van der Waals surface area (Å²) >= 11 is 1.66. The van der Waals surface area contributed by atoms with Gasteiger partial charge in [0.05, 0.1) is 18.1 Å². The molecule has 0 spiro atoms. The van der Waals surface area contributed by atoms with Gasteiger partial charge in [0.15, 0.2) is 0 Å². The van der Waals surface area contributed by atoms with Crippen molar-refractivity contribution in [2.45, 2.75) is 13.3 Å². The van der Waals surface area contributed by atoms with E-state index >= 15 is 0 Å². The van der Waals surface area contributed by atoms with Crippen LogP contribution in [0.1, 0.15) is 12.5 Å². The van der Waals surface area contributed by atoms with Crippen LogP contribution < -0.4 is 5.73 Å². The minimum atomic E-state index is 0.729. The Hall–Kier alpha value is -2.17. The second-order valence-corrected chi connectivity index (χ2v) is 6.69. The van der Waals surface area contributed by atoms with E-state index in [9.17, 15) is 0 Å². The highest BCUT2D eigenvalue weighted by atomic mass is 32.1. The van der Waals surface area contributed by atoms with Gasteiger partial charge >= 0.3 is 0 Å². The van der Waals surface area contributed by atoms with Crippen LogP contribution in [0.5, 0.6) is 0 Å². The molecule has 5 nitrogen and oxygen atoms in total. The smallest absolute Gasteiger partial charge is 0.129 e. The van der Waals surface area contributed by atoms with Crippen LogP contribution in [0.3, 0.4) is 0 Å². The molecular weight excluding hydrogens is 313 g/mol. The maximum absolute atomic E-state index is 6.20. The van der Waals surface area contributed by atoms with Gasteiger partial charge in [-0.05, 0) is 37.4 Å². The van der Waals surface area contributed by atoms with Crippen LogP contribution in [0.15, 0.2) is 41.2 Å². The molecule has 0 saturated carbocycles. The van der Waals surface area contributed by atoms with Crippen molar-refractivity contribution in [2.75, 3.05) is 5.73 Å². The molecule has 0 fully saturated rings. The number of rotatable bonds is 3. The van der Waals surface area contributed by atoms with Gasteiger partial charge in [-0.1, -0.05) is 6.92 Å². The Morgan fingerprint density at radius 1 is 1.32 bits per heavy atom. The molecule has 0 aliphatic heterocycles. The fourth-order valence-corrected chi connectivity index (χ4v) is 4.26. The lowest BCUT2D eigenvalue weighted by atomic mass is 10.2. The number of hydrogen-bond acceptors (Lipinski definition) is 4. The van der Waals surface area contributed by atoms with Crippen molar-refractivity contribution in [3.05, 3.63) is 46.8 Å². The number of nitrogen functional groups attached to an aromatic ring is 1. The first-order valence-corrected chi connectivity index (χ1v) is 8.87. The molecule has 0 amide bonds. The topological polar surface area (TPSA) is 61.1 Å². The van der Waals surface area contributed by atoms with Gasteiger partial charge in [0, 0.05) is 22.7 Å². The summed E-state index contributed by atoms with van der Waals surface area (Å²) in [6.07, 6.45) is 6.70. The van der Waals surface area contributed by atoms with Gasteiger partial charge in [-0.2, -0.15) is 21.5 Å². The fourth-order valence-electron chi connectivity index (χ4n) is 2.45. The van der Waals surface area contributed by atoms with Crippen molar-refractivity contribution < 1.29 is 0 Å². The third-order valence-electron chi connectivity index (χ3n) is 3.69. The molecule has 0 bridgehead atoms. The zero-order chi connectivity index (χ0) is 15.1. The number of fused-ring (bicyclic) bond motifs is 1. The van der Waals surface area contributed by atoms with Crippen LogP contribution >= 0.6 is 19.5 Å². The number of nitrogens with zero attached hydrogens (tertiary/aromatic N) is 4. The molecule has 7 heteroatoms. The molecule has 0 saturated heterocycles. The molecule has 0 aliphatic rings. The number of anilines is 1. The van der Waals surface area contributed by atoms with E-state index in [4.69, 9.17) is 5.73 Å². The van der Waals surface area contributed by atoms with E-state index in [0.29, 0.717) is 0 Å². The molecule has 22 heavy (non-hydrogen) atoms. The van der Waals surface area contributed by atoms with Gasteiger partial charge < -0.3 is 5.73 Å². The summed E-state index contributed by atoms with van der Waals surface area (Å²) in [4.78, 5) is 0. The number of nitrogens with two attached hydrogens (primary N) is 1. The van der Waals surface area contributed by atoms with Gasteiger partial charge in [0.2, 0.25) is 0 Å². The van der Waals surface area contributed by atoms with Crippen molar-refractivity contribution >= 4 is 30.6 Å². The van der Waals surface area contributed by atoms with Crippen molar-refractivity contribution in [1.29, 1.82) is 0 Å². The molecule has 4 aromatic rings. The van der Waals surface area contributed by atoms with Gasteiger partial charge in [-0.3, -0.25) is 0 Å². The highest BCUT2D eigenvalue weighted by Crippen LogP contribution is 2.33. The number of aryl methyl sites for hydroxylation is 1. The zero-order valence-electron chi connectivity index (χ0n) is 12.0. The number of hydrogen-bond donors (Lipinski definition) is 1. The normalized spacial score (nSPS) is 11.7. The lowest BCUT2D eigenvalue weighted by Crippen LogP contribution is -2.01. The number of aromatic nitrogens is 4. The average Bonchev–Trinajstić information content (AvgIpc) is 3.26. The van der Waals surface area contributed by atoms with Gasteiger partial charge in [0.1, 0.15) is 11.1 Å². The molecular formula is C15H14N5PS. The van der Waals surface area contributed by atoms with Gasteiger partial charge in [0.25, 0.3) is 0 Å². The monoisotopic (exact) mass is 327 g/mol. The van der Waals surface area contributed by atoms with Crippen molar-refractivity contribution in [3.8, 4) is 16.8 Å². The summed E-state index contributed by atoms with van der Waals surface area (Å²) in [6, 6.07) is 2.05. The third kappa shape index (κ3) is 2.03. The predicted octanol–water partition coefficient (Wildman–Crippen LogP) is 3.97. The van der Waals surface area contributed by atoms with E-state index in [1.54, 1.807) is 11.3 Å². The quantitative estimate of drug-likeness (QED) is 0.619. The Bertz CT molecular complexity index is 938. The standard InChI is InChI=1S/C15H14N5PS/c1-2-10-8-21-15-13(6-18-20(15)14(10)16)11-5-17-19(7-11)12-3-4-22-9-12/h3-9H,2,16H2,1H3. The molecule has 4 heterocycles. The maximum atomic E-state index is 6.20. The molecule has 0 unspecified atom stereocenters. The summed E-state index contributed by atoms with van der Waals surface area (Å²) in [5.41, 5.74) is 10.6. The first kappa shape index (κ1) is 13.5. The van der Waals surface area contributed by atoms with Crippen molar-refractivity contribution in [3.63, 3.8) is 0 Å². The van der Waals surface area contributed by atoms with Crippen LogP contribution in [0.25, 0.3) is 22.1 Å². The SMILES string of the molecule is CCc1cpc2c(-c3cnn(-c4ccsc4)c3)cnn2c1N. The van der Waals surface area contributed by atoms with Crippen LogP contribution in [0, 0.1) is 0 Å². The highest BCUT2D eigenvalue weighted by molar-refractivity contribution is 7.35. The maximum Gasteiger partial charge on any atom is 0.129 e. The minimum absolute atomic E-state index is 0.729. The molecule has 0 atom stereocenters. The van der Waals surface area contributed by atoms with Crippen molar-refractivity contribution in [1.82, 2.24) is 19.4 Å². The Balaban J connectivity index is 1.83. The second-order valence-electron chi connectivity index (χ2n) is 4.97. The van der Waals surface area contributed by atoms with Crippen LogP contribution in [-0.4, -0.2) is 19.4 Å².